The summed E-state index contributed by atoms with van der Waals surface area (Å²) in [5.41, 5.74) is 1.40. The number of rotatable bonds is 7. The average molecular weight is 474 g/mol. The van der Waals surface area contributed by atoms with E-state index >= 15 is 0 Å². The number of benzene rings is 2. The van der Waals surface area contributed by atoms with Crippen LogP contribution in [0.5, 0.6) is 5.75 Å². The van der Waals surface area contributed by atoms with Crippen molar-refractivity contribution in [3.8, 4) is 5.75 Å². The molecule has 178 valence electrons. The molecule has 0 aliphatic carbocycles. The molecule has 1 fully saturated rings. The molecule has 1 saturated heterocycles. The van der Waals surface area contributed by atoms with Crippen LogP contribution in [-0.2, 0) is 21.2 Å². The number of aryl methyl sites for hydroxylation is 1. The largest absolute Gasteiger partial charge is 0.497 e. The van der Waals surface area contributed by atoms with Gasteiger partial charge >= 0.3 is 0 Å². The molecule has 0 spiro atoms. The maximum atomic E-state index is 13.0. The molecule has 3 rings (SSSR count). The maximum absolute atomic E-state index is 13.0. The van der Waals surface area contributed by atoms with Crippen LogP contribution in [0, 0.1) is 0 Å². The smallest absolute Gasteiger partial charge is 0.253 e. The minimum atomic E-state index is -3.62. The number of amides is 2. The van der Waals surface area contributed by atoms with Crippen molar-refractivity contribution in [1.82, 2.24) is 14.1 Å². The summed E-state index contributed by atoms with van der Waals surface area (Å²) < 4.78 is 31.1. The van der Waals surface area contributed by atoms with Crippen molar-refractivity contribution in [2.45, 2.75) is 24.2 Å². The third-order valence-corrected chi connectivity index (χ3v) is 7.59. The van der Waals surface area contributed by atoms with Crippen molar-refractivity contribution in [3.63, 3.8) is 0 Å². The Labute approximate surface area is 195 Å². The Balaban J connectivity index is 1.59. The first-order valence-electron chi connectivity index (χ1n) is 10.9. The van der Waals surface area contributed by atoms with E-state index in [9.17, 15) is 18.0 Å². The molecule has 0 unspecified atom stereocenters. The molecule has 2 aromatic carbocycles. The van der Waals surface area contributed by atoms with E-state index in [-0.39, 0.29) is 16.7 Å². The molecule has 0 atom stereocenters. The molecule has 33 heavy (non-hydrogen) atoms. The van der Waals surface area contributed by atoms with Crippen LogP contribution in [0.25, 0.3) is 0 Å². The van der Waals surface area contributed by atoms with E-state index in [1.54, 1.807) is 24.1 Å². The molecule has 0 N–H and O–H groups in total. The lowest BCUT2D eigenvalue weighted by molar-refractivity contribution is -0.131. The second-order valence-electron chi connectivity index (χ2n) is 8.19. The molecule has 2 amide bonds. The summed E-state index contributed by atoms with van der Waals surface area (Å²) in [6.07, 6.45) is 1.73. The highest BCUT2D eigenvalue weighted by Crippen LogP contribution is 2.18. The maximum Gasteiger partial charge on any atom is 0.253 e. The number of hydrogen-bond acceptors (Lipinski definition) is 5. The van der Waals surface area contributed by atoms with Crippen LogP contribution in [-0.4, -0.2) is 81.7 Å². The standard InChI is InChI=1S/C24H31N3O5S/c1-25(2)33(30,31)22-7-4-6-20(18-22)24(29)27-15-5-14-26(16-17-27)23(28)13-10-19-8-11-21(32-3)12-9-19/h4,6-9,11-12,18H,5,10,13-17H2,1-3H3. The summed E-state index contributed by atoms with van der Waals surface area (Å²) in [4.78, 5) is 29.4. The topological polar surface area (TPSA) is 87.2 Å². The SMILES string of the molecule is COc1ccc(CCC(=O)N2CCCN(C(=O)c3cccc(S(=O)(=O)N(C)C)c3)CC2)cc1. The molecule has 0 radical (unpaired) electrons. The fourth-order valence-corrected chi connectivity index (χ4v) is 4.70. The first-order valence-corrected chi connectivity index (χ1v) is 12.4. The number of carbonyl (C=O) groups excluding carboxylic acids is 2. The Morgan fingerprint density at radius 1 is 0.970 bits per heavy atom. The summed E-state index contributed by atoms with van der Waals surface area (Å²) in [6.45, 7) is 1.99. The van der Waals surface area contributed by atoms with E-state index in [1.807, 2.05) is 29.2 Å². The molecule has 0 saturated carbocycles. The van der Waals surface area contributed by atoms with E-state index in [0.29, 0.717) is 51.0 Å². The predicted octanol–water partition coefficient (Wildman–Crippen LogP) is 2.25. The summed E-state index contributed by atoms with van der Waals surface area (Å²) >= 11 is 0. The van der Waals surface area contributed by atoms with Gasteiger partial charge in [0.2, 0.25) is 15.9 Å². The van der Waals surface area contributed by atoms with Crippen molar-refractivity contribution in [2.24, 2.45) is 0 Å². The number of methoxy groups -OCH3 is 1. The van der Waals surface area contributed by atoms with Crippen LogP contribution in [0.4, 0.5) is 0 Å². The van der Waals surface area contributed by atoms with Crippen LogP contribution < -0.4 is 4.74 Å². The van der Waals surface area contributed by atoms with Crippen molar-refractivity contribution < 1.29 is 22.7 Å². The Morgan fingerprint density at radius 2 is 1.64 bits per heavy atom. The lowest BCUT2D eigenvalue weighted by Gasteiger charge is -2.22. The van der Waals surface area contributed by atoms with Gasteiger partial charge in [0, 0.05) is 52.3 Å². The van der Waals surface area contributed by atoms with Gasteiger partial charge in [-0.2, -0.15) is 0 Å². The van der Waals surface area contributed by atoms with Gasteiger partial charge in [0.25, 0.3) is 5.91 Å². The minimum absolute atomic E-state index is 0.0687. The minimum Gasteiger partial charge on any atom is -0.497 e. The lowest BCUT2D eigenvalue weighted by Crippen LogP contribution is -2.37. The molecular weight excluding hydrogens is 442 g/mol. The van der Waals surface area contributed by atoms with Crippen molar-refractivity contribution in [1.29, 1.82) is 0 Å². The van der Waals surface area contributed by atoms with Gasteiger partial charge in [-0.3, -0.25) is 9.59 Å². The van der Waals surface area contributed by atoms with Crippen molar-refractivity contribution in [2.75, 3.05) is 47.4 Å². The number of hydrogen-bond donors (Lipinski definition) is 0. The molecule has 0 bridgehead atoms. The number of ether oxygens (including phenoxy) is 1. The molecule has 0 aromatic heterocycles. The summed E-state index contributed by atoms with van der Waals surface area (Å²) in [6, 6.07) is 13.8. The highest BCUT2D eigenvalue weighted by molar-refractivity contribution is 7.89. The van der Waals surface area contributed by atoms with E-state index in [0.717, 1.165) is 15.6 Å². The third-order valence-electron chi connectivity index (χ3n) is 5.78. The van der Waals surface area contributed by atoms with Crippen molar-refractivity contribution in [3.05, 3.63) is 59.7 Å². The Bertz CT molecular complexity index is 1080. The van der Waals surface area contributed by atoms with Crippen LogP contribution in [0.15, 0.2) is 53.4 Å². The first kappa shape index (κ1) is 24.7. The predicted molar refractivity (Wildman–Crippen MR) is 126 cm³/mol. The van der Waals surface area contributed by atoms with Crippen molar-refractivity contribution >= 4 is 21.8 Å². The quantitative estimate of drug-likeness (QED) is 0.616. The number of carbonyl (C=O) groups is 2. The lowest BCUT2D eigenvalue weighted by atomic mass is 10.1. The fourth-order valence-electron chi connectivity index (χ4n) is 3.75. The zero-order valence-electron chi connectivity index (χ0n) is 19.4. The zero-order valence-corrected chi connectivity index (χ0v) is 20.2. The van der Waals surface area contributed by atoms with E-state index in [4.69, 9.17) is 4.74 Å². The Kier molecular flexibility index (Phi) is 8.10. The molecule has 2 aromatic rings. The summed E-state index contributed by atoms with van der Waals surface area (Å²) in [5, 5.41) is 0. The van der Waals surface area contributed by atoms with Gasteiger partial charge in [-0.25, -0.2) is 12.7 Å². The second-order valence-corrected chi connectivity index (χ2v) is 10.3. The van der Waals surface area contributed by atoms with Gasteiger partial charge in [0.05, 0.1) is 12.0 Å². The van der Waals surface area contributed by atoms with Gasteiger partial charge in [-0.15, -0.1) is 0 Å². The third kappa shape index (κ3) is 6.11. The van der Waals surface area contributed by atoms with Gasteiger partial charge < -0.3 is 14.5 Å². The molecule has 1 aliphatic rings. The van der Waals surface area contributed by atoms with E-state index < -0.39 is 10.0 Å². The van der Waals surface area contributed by atoms with Crippen LogP contribution in [0.3, 0.4) is 0 Å². The van der Waals surface area contributed by atoms with Gasteiger partial charge in [-0.05, 0) is 48.7 Å². The van der Waals surface area contributed by atoms with Gasteiger partial charge in [-0.1, -0.05) is 18.2 Å². The first-order chi connectivity index (χ1) is 15.7. The Hall–Kier alpha value is -2.91. The molecule has 1 heterocycles. The molecule has 9 heteroatoms. The highest BCUT2D eigenvalue weighted by atomic mass is 32.2. The molecule has 8 nitrogen and oxygen atoms in total. The van der Waals surface area contributed by atoms with E-state index in [2.05, 4.69) is 0 Å². The molecule has 1 aliphatic heterocycles. The monoisotopic (exact) mass is 473 g/mol. The number of nitrogens with zero attached hydrogens (tertiary/aromatic N) is 3. The Morgan fingerprint density at radius 3 is 2.30 bits per heavy atom. The van der Waals surface area contributed by atoms with E-state index in [1.165, 1.54) is 26.2 Å². The highest BCUT2D eigenvalue weighted by Gasteiger charge is 2.24. The number of sulfonamides is 1. The molecular formula is C24H31N3O5S. The second kappa shape index (κ2) is 10.8. The van der Waals surface area contributed by atoms with Gasteiger partial charge in [0.1, 0.15) is 5.75 Å². The van der Waals surface area contributed by atoms with Crippen LogP contribution in [0.2, 0.25) is 0 Å². The normalized spacial score (nSPS) is 14.8. The fraction of sp³-hybridized carbons (Fsp3) is 0.417. The summed E-state index contributed by atoms with van der Waals surface area (Å²) in [7, 11) is 0.912. The summed E-state index contributed by atoms with van der Waals surface area (Å²) in [5.74, 6) is 0.629. The zero-order chi connectivity index (χ0) is 24.0. The van der Waals surface area contributed by atoms with Crippen LogP contribution >= 0.6 is 0 Å². The van der Waals surface area contributed by atoms with Gasteiger partial charge in [0.15, 0.2) is 0 Å². The average Bonchev–Trinajstić information content (AvgIpc) is 3.09. The van der Waals surface area contributed by atoms with Crippen LogP contribution in [0.1, 0.15) is 28.8 Å².